The lowest BCUT2D eigenvalue weighted by molar-refractivity contribution is 0.475. The molecule has 0 aliphatic rings. The van der Waals surface area contributed by atoms with Gasteiger partial charge < -0.3 is 10.5 Å². The third-order valence-corrected chi connectivity index (χ3v) is 3.69. The molecule has 2 nitrogen and oxygen atoms in total. The molecule has 0 bridgehead atoms. The molecule has 0 heterocycles. The van der Waals surface area contributed by atoms with E-state index in [1.165, 1.54) is 5.56 Å². The molecule has 2 aromatic carbocycles. The fourth-order valence-corrected chi connectivity index (χ4v) is 2.39. The Kier molecular flexibility index (Phi) is 5.21. The van der Waals surface area contributed by atoms with Gasteiger partial charge in [0.15, 0.2) is 0 Å². The van der Waals surface area contributed by atoms with Crippen molar-refractivity contribution in [2.75, 3.05) is 6.54 Å². The second-order valence-electron chi connectivity index (χ2n) is 5.12. The predicted molar refractivity (Wildman–Crippen MR) is 87.5 cm³/mol. The summed E-state index contributed by atoms with van der Waals surface area (Å²) in [5.41, 5.74) is 8.06. The van der Waals surface area contributed by atoms with E-state index in [2.05, 4.69) is 48.0 Å². The van der Waals surface area contributed by atoms with Crippen LogP contribution >= 0.6 is 15.9 Å². The Morgan fingerprint density at radius 2 is 1.95 bits per heavy atom. The summed E-state index contributed by atoms with van der Waals surface area (Å²) in [6.07, 6.45) is 0.812. The molecule has 106 valence electrons. The number of nitrogens with two attached hydrogens (primary N) is 1. The zero-order chi connectivity index (χ0) is 14.5. The second kappa shape index (κ2) is 6.91. The van der Waals surface area contributed by atoms with Gasteiger partial charge in [0.05, 0.1) is 0 Å². The molecule has 0 aromatic heterocycles. The van der Waals surface area contributed by atoms with Gasteiger partial charge in [-0.1, -0.05) is 48.0 Å². The Hall–Kier alpha value is -1.32. The second-order valence-corrected chi connectivity index (χ2v) is 6.04. The van der Waals surface area contributed by atoms with Crippen LogP contribution < -0.4 is 10.5 Å². The highest BCUT2D eigenvalue weighted by Gasteiger charge is 2.07. The summed E-state index contributed by atoms with van der Waals surface area (Å²) in [7, 11) is 0. The van der Waals surface area contributed by atoms with Crippen molar-refractivity contribution in [2.24, 2.45) is 5.73 Å². The molecule has 0 aliphatic carbocycles. The summed E-state index contributed by atoms with van der Waals surface area (Å²) in [6.45, 7) is 4.97. The minimum Gasteiger partial charge on any atom is -0.457 e. The van der Waals surface area contributed by atoms with Crippen LogP contribution in [0.25, 0.3) is 0 Å². The van der Waals surface area contributed by atoms with Crippen molar-refractivity contribution in [1.29, 1.82) is 0 Å². The fourth-order valence-electron chi connectivity index (χ4n) is 2.05. The lowest BCUT2D eigenvalue weighted by Gasteiger charge is -2.13. The van der Waals surface area contributed by atoms with E-state index in [-0.39, 0.29) is 0 Å². The highest BCUT2D eigenvalue weighted by atomic mass is 79.9. The number of hydrogen-bond acceptors (Lipinski definition) is 2. The van der Waals surface area contributed by atoms with Gasteiger partial charge in [-0.2, -0.15) is 0 Å². The molecule has 0 saturated carbocycles. The van der Waals surface area contributed by atoms with Crippen LogP contribution in [0.5, 0.6) is 11.5 Å². The highest BCUT2D eigenvalue weighted by Crippen LogP contribution is 2.30. The molecule has 0 amide bonds. The third kappa shape index (κ3) is 3.84. The third-order valence-electron chi connectivity index (χ3n) is 3.20. The maximum Gasteiger partial charge on any atom is 0.131 e. The smallest absolute Gasteiger partial charge is 0.131 e. The highest BCUT2D eigenvalue weighted by molar-refractivity contribution is 9.10. The molecule has 0 unspecified atom stereocenters. The molecule has 0 atom stereocenters. The van der Waals surface area contributed by atoms with Crippen LogP contribution in [0.4, 0.5) is 0 Å². The zero-order valence-corrected chi connectivity index (χ0v) is 13.5. The van der Waals surface area contributed by atoms with Crippen molar-refractivity contribution in [3.63, 3.8) is 0 Å². The van der Waals surface area contributed by atoms with Gasteiger partial charge in [0.2, 0.25) is 0 Å². The first-order chi connectivity index (χ1) is 9.60. The van der Waals surface area contributed by atoms with Crippen LogP contribution in [0.15, 0.2) is 46.9 Å². The Balaban J connectivity index is 2.29. The van der Waals surface area contributed by atoms with Gasteiger partial charge in [0.1, 0.15) is 11.5 Å². The van der Waals surface area contributed by atoms with Gasteiger partial charge in [-0.25, -0.2) is 0 Å². The minimum atomic E-state index is 0.490. The normalized spacial score (nSPS) is 10.8. The monoisotopic (exact) mass is 333 g/mol. The van der Waals surface area contributed by atoms with E-state index in [9.17, 15) is 0 Å². The van der Waals surface area contributed by atoms with Crippen molar-refractivity contribution >= 4 is 15.9 Å². The Bertz CT molecular complexity index is 581. The predicted octanol–water partition coefficient (Wildman–Crippen LogP) is 4.87. The van der Waals surface area contributed by atoms with Crippen molar-refractivity contribution in [1.82, 2.24) is 0 Å². The number of rotatable bonds is 5. The zero-order valence-electron chi connectivity index (χ0n) is 11.9. The molecule has 3 heteroatoms. The van der Waals surface area contributed by atoms with Gasteiger partial charge in [0, 0.05) is 4.47 Å². The lowest BCUT2D eigenvalue weighted by atomic mass is 10.0. The van der Waals surface area contributed by atoms with Gasteiger partial charge in [0.25, 0.3) is 0 Å². The number of halogens is 1. The van der Waals surface area contributed by atoms with Crippen LogP contribution in [-0.4, -0.2) is 6.54 Å². The molecule has 0 aliphatic heterocycles. The fraction of sp³-hybridized carbons (Fsp3) is 0.294. The van der Waals surface area contributed by atoms with Crippen LogP contribution in [0.2, 0.25) is 0 Å². The Morgan fingerprint density at radius 1 is 1.15 bits per heavy atom. The van der Waals surface area contributed by atoms with E-state index < -0.39 is 0 Å². The summed E-state index contributed by atoms with van der Waals surface area (Å²) < 4.78 is 7.06. The molecule has 0 saturated heterocycles. The van der Waals surface area contributed by atoms with Crippen molar-refractivity contribution < 1.29 is 4.74 Å². The van der Waals surface area contributed by atoms with E-state index in [0.29, 0.717) is 12.5 Å². The molecule has 2 rings (SSSR count). The van der Waals surface area contributed by atoms with Gasteiger partial charge in [-0.3, -0.25) is 0 Å². The first kappa shape index (κ1) is 15.1. The van der Waals surface area contributed by atoms with E-state index in [0.717, 1.165) is 28.0 Å². The van der Waals surface area contributed by atoms with Crippen LogP contribution in [0.3, 0.4) is 0 Å². The average Bonchev–Trinajstić information content (AvgIpc) is 2.42. The maximum atomic E-state index is 6.05. The van der Waals surface area contributed by atoms with Crippen molar-refractivity contribution in [3.8, 4) is 11.5 Å². The average molecular weight is 334 g/mol. The molecular formula is C17H20BrNO. The molecule has 0 radical (unpaired) electrons. The first-order valence-corrected chi connectivity index (χ1v) is 7.65. The quantitative estimate of drug-likeness (QED) is 0.847. The Labute approximate surface area is 129 Å². The largest absolute Gasteiger partial charge is 0.457 e. The van der Waals surface area contributed by atoms with Gasteiger partial charge in [-0.15, -0.1) is 0 Å². The van der Waals surface area contributed by atoms with Crippen LogP contribution in [-0.2, 0) is 6.42 Å². The standard InChI is InChI=1S/C17H20BrNO/c1-12(2)14-4-3-5-16(10-14)20-17-11-15(18)7-6-13(17)8-9-19/h3-7,10-12H,8-9,19H2,1-2H3. The first-order valence-electron chi connectivity index (χ1n) is 6.86. The van der Waals surface area contributed by atoms with Crippen LogP contribution in [0, 0.1) is 0 Å². The Morgan fingerprint density at radius 3 is 2.65 bits per heavy atom. The summed E-state index contributed by atoms with van der Waals surface area (Å²) in [6, 6.07) is 14.3. The van der Waals surface area contributed by atoms with Crippen molar-refractivity contribution in [2.45, 2.75) is 26.2 Å². The molecular weight excluding hydrogens is 314 g/mol. The summed E-state index contributed by atoms with van der Waals surface area (Å²) in [5.74, 6) is 2.22. The van der Waals surface area contributed by atoms with Gasteiger partial charge >= 0.3 is 0 Å². The van der Waals surface area contributed by atoms with Gasteiger partial charge in [-0.05, 0) is 54.3 Å². The molecule has 2 aromatic rings. The SMILES string of the molecule is CC(C)c1cccc(Oc2cc(Br)ccc2CCN)c1. The van der Waals surface area contributed by atoms with E-state index in [1.54, 1.807) is 0 Å². The van der Waals surface area contributed by atoms with E-state index in [1.807, 2.05) is 24.3 Å². The summed E-state index contributed by atoms with van der Waals surface area (Å²) in [5, 5.41) is 0. The van der Waals surface area contributed by atoms with Crippen LogP contribution in [0.1, 0.15) is 30.9 Å². The summed E-state index contributed by atoms with van der Waals surface area (Å²) >= 11 is 3.49. The van der Waals surface area contributed by atoms with E-state index in [4.69, 9.17) is 10.5 Å². The number of benzene rings is 2. The lowest BCUT2D eigenvalue weighted by Crippen LogP contribution is -2.04. The number of hydrogen-bond donors (Lipinski definition) is 1. The topological polar surface area (TPSA) is 35.2 Å². The molecule has 0 spiro atoms. The number of ether oxygens (including phenoxy) is 1. The summed E-state index contributed by atoms with van der Waals surface area (Å²) in [4.78, 5) is 0. The van der Waals surface area contributed by atoms with E-state index >= 15 is 0 Å². The molecule has 20 heavy (non-hydrogen) atoms. The van der Waals surface area contributed by atoms with Crippen molar-refractivity contribution in [3.05, 3.63) is 58.1 Å². The minimum absolute atomic E-state index is 0.490. The maximum absolute atomic E-state index is 6.05. The molecule has 0 fully saturated rings. The molecule has 2 N–H and O–H groups in total.